The number of rotatable bonds is 3. The molecule has 1 rings (SSSR count). The molecule has 12 heavy (non-hydrogen) atoms. The lowest BCUT2D eigenvalue weighted by Crippen LogP contribution is -1.93. The van der Waals surface area contributed by atoms with E-state index in [0.717, 1.165) is 11.3 Å². The van der Waals surface area contributed by atoms with E-state index in [9.17, 15) is 0 Å². The van der Waals surface area contributed by atoms with E-state index in [4.69, 9.17) is 16.7 Å². The first-order chi connectivity index (χ1) is 5.77. The van der Waals surface area contributed by atoms with Gasteiger partial charge in [-0.2, -0.15) is 0 Å². The van der Waals surface area contributed by atoms with Crippen molar-refractivity contribution in [2.45, 2.75) is 6.42 Å². The molecule has 0 saturated carbocycles. The van der Waals surface area contributed by atoms with Gasteiger partial charge in [-0.05, 0) is 24.1 Å². The Hall–Kier alpha value is -0.730. The number of nitrogens with one attached hydrogen (secondary N) is 1. The van der Waals surface area contributed by atoms with Crippen LogP contribution in [0.4, 0.5) is 5.69 Å². The van der Waals surface area contributed by atoms with Crippen molar-refractivity contribution in [1.29, 1.82) is 0 Å². The van der Waals surface area contributed by atoms with Crippen molar-refractivity contribution in [2.75, 3.05) is 19.0 Å². The SMILES string of the molecule is CNc1ccc(CCO)cc1Cl. The van der Waals surface area contributed by atoms with Crippen molar-refractivity contribution >= 4 is 17.3 Å². The lowest BCUT2D eigenvalue weighted by Gasteiger charge is -2.04. The Morgan fingerprint density at radius 2 is 2.25 bits per heavy atom. The Morgan fingerprint density at radius 1 is 1.50 bits per heavy atom. The number of halogens is 1. The second-order valence-corrected chi connectivity index (χ2v) is 2.95. The zero-order chi connectivity index (χ0) is 8.97. The van der Waals surface area contributed by atoms with E-state index < -0.39 is 0 Å². The normalized spacial score (nSPS) is 9.92. The van der Waals surface area contributed by atoms with Crippen molar-refractivity contribution in [2.24, 2.45) is 0 Å². The van der Waals surface area contributed by atoms with E-state index in [2.05, 4.69) is 5.32 Å². The predicted octanol–water partition coefficient (Wildman–Crippen LogP) is 1.92. The molecule has 0 aliphatic carbocycles. The van der Waals surface area contributed by atoms with Gasteiger partial charge in [-0.1, -0.05) is 17.7 Å². The quantitative estimate of drug-likeness (QED) is 0.754. The summed E-state index contributed by atoms with van der Waals surface area (Å²) in [7, 11) is 1.83. The zero-order valence-corrected chi connectivity index (χ0v) is 7.73. The zero-order valence-electron chi connectivity index (χ0n) is 6.97. The van der Waals surface area contributed by atoms with Gasteiger partial charge >= 0.3 is 0 Å². The Morgan fingerprint density at radius 3 is 2.75 bits per heavy atom. The van der Waals surface area contributed by atoms with Crippen LogP contribution in [0.2, 0.25) is 5.02 Å². The van der Waals surface area contributed by atoms with E-state index in [0.29, 0.717) is 11.4 Å². The molecule has 1 aromatic rings. The molecule has 0 bridgehead atoms. The third kappa shape index (κ3) is 2.13. The van der Waals surface area contributed by atoms with Gasteiger partial charge in [0.2, 0.25) is 0 Å². The van der Waals surface area contributed by atoms with Gasteiger partial charge in [0.05, 0.1) is 10.7 Å². The number of hydrogen-bond donors (Lipinski definition) is 2. The highest BCUT2D eigenvalue weighted by Crippen LogP contribution is 2.22. The maximum Gasteiger partial charge on any atom is 0.0640 e. The summed E-state index contributed by atoms with van der Waals surface area (Å²) in [6, 6.07) is 5.73. The number of anilines is 1. The molecule has 1 aromatic carbocycles. The minimum atomic E-state index is 0.162. The van der Waals surface area contributed by atoms with E-state index >= 15 is 0 Å². The molecule has 0 aliphatic rings. The first-order valence-corrected chi connectivity index (χ1v) is 4.22. The molecule has 0 aliphatic heterocycles. The molecule has 0 spiro atoms. The molecule has 0 amide bonds. The third-order valence-corrected chi connectivity index (χ3v) is 2.02. The van der Waals surface area contributed by atoms with Crippen LogP contribution in [-0.2, 0) is 6.42 Å². The summed E-state index contributed by atoms with van der Waals surface area (Å²) in [5, 5.41) is 12.3. The highest BCUT2D eigenvalue weighted by atomic mass is 35.5. The molecular formula is C9H12ClNO. The van der Waals surface area contributed by atoms with Crippen molar-refractivity contribution in [3.8, 4) is 0 Å². The average Bonchev–Trinajstić information content (AvgIpc) is 2.05. The smallest absolute Gasteiger partial charge is 0.0640 e. The Bertz CT molecular complexity index is 263. The van der Waals surface area contributed by atoms with Crippen LogP contribution in [0.15, 0.2) is 18.2 Å². The van der Waals surface area contributed by atoms with Crippen molar-refractivity contribution in [3.63, 3.8) is 0 Å². The fourth-order valence-corrected chi connectivity index (χ4v) is 1.34. The Labute approximate surface area is 77.2 Å². The maximum absolute atomic E-state index is 8.68. The fraction of sp³-hybridized carbons (Fsp3) is 0.333. The van der Waals surface area contributed by atoms with Crippen molar-refractivity contribution < 1.29 is 5.11 Å². The summed E-state index contributed by atoms with van der Waals surface area (Å²) in [5.41, 5.74) is 1.97. The highest BCUT2D eigenvalue weighted by Gasteiger charge is 1.98. The lowest BCUT2D eigenvalue weighted by atomic mass is 10.1. The summed E-state index contributed by atoms with van der Waals surface area (Å²) in [4.78, 5) is 0. The third-order valence-electron chi connectivity index (χ3n) is 1.70. The molecule has 0 heterocycles. The minimum absolute atomic E-state index is 0.162. The Balaban J connectivity index is 2.86. The largest absolute Gasteiger partial charge is 0.396 e. The van der Waals surface area contributed by atoms with E-state index in [-0.39, 0.29) is 6.61 Å². The van der Waals surface area contributed by atoms with Gasteiger partial charge in [0.15, 0.2) is 0 Å². The molecule has 2 nitrogen and oxygen atoms in total. The topological polar surface area (TPSA) is 32.3 Å². The van der Waals surface area contributed by atoms with Gasteiger partial charge in [-0.25, -0.2) is 0 Å². The van der Waals surface area contributed by atoms with Crippen molar-refractivity contribution in [1.82, 2.24) is 0 Å². The van der Waals surface area contributed by atoms with Crippen LogP contribution in [0.1, 0.15) is 5.56 Å². The van der Waals surface area contributed by atoms with E-state index in [1.54, 1.807) is 0 Å². The summed E-state index contributed by atoms with van der Waals surface area (Å²) in [5.74, 6) is 0. The minimum Gasteiger partial charge on any atom is -0.396 e. The van der Waals surface area contributed by atoms with Gasteiger partial charge in [0, 0.05) is 13.7 Å². The van der Waals surface area contributed by atoms with Gasteiger partial charge in [-0.15, -0.1) is 0 Å². The summed E-state index contributed by atoms with van der Waals surface area (Å²) in [6.07, 6.45) is 0.656. The van der Waals surface area contributed by atoms with Gasteiger partial charge < -0.3 is 10.4 Å². The summed E-state index contributed by atoms with van der Waals surface area (Å²) in [6.45, 7) is 0.162. The van der Waals surface area contributed by atoms with Crippen LogP contribution in [0.5, 0.6) is 0 Å². The number of benzene rings is 1. The monoisotopic (exact) mass is 185 g/mol. The lowest BCUT2D eigenvalue weighted by molar-refractivity contribution is 0.299. The molecule has 66 valence electrons. The molecule has 3 heteroatoms. The van der Waals surface area contributed by atoms with Gasteiger partial charge in [-0.3, -0.25) is 0 Å². The number of hydrogen-bond acceptors (Lipinski definition) is 2. The van der Waals surface area contributed by atoms with Gasteiger partial charge in [0.25, 0.3) is 0 Å². The predicted molar refractivity (Wildman–Crippen MR) is 51.8 cm³/mol. The standard InChI is InChI=1S/C9H12ClNO/c1-11-9-3-2-7(4-5-12)6-8(9)10/h2-3,6,11-12H,4-5H2,1H3. The molecule has 0 unspecified atom stereocenters. The van der Waals surface area contributed by atoms with E-state index in [1.165, 1.54) is 0 Å². The highest BCUT2D eigenvalue weighted by molar-refractivity contribution is 6.33. The maximum atomic E-state index is 8.68. The summed E-state index contributed by atoms with van der Waals surface area (Å²) >= 11 is 5.92. The molecule has 0 atom stereocenters. The molecule has 0 radical (unpaired) electrons. The van der Waals surface area contributed by atoms with Crippen LogP contribution in [-0.4, -0.2) is 18.8 Å². The molecular weight excluding hydrogens is 174 g/mol. The second kappa shape index (κ2) is 4.33. The van der Waals surface area contributed by atoms with Crippen LogP contribution in [0.3, 0.4) is 0 Å². The van der Waals surface area contributed by atoms with Crippen LogP contribution < -0.4 is 5.32 Å². The number of aliphatic hydroxyl groups is 1. The first kappa shape index (κ1) is 9.36. The van der Waals surface area contributed by atoms with Crippen LogP contribution in [0.25, 0.3) is 0 Å². The second-order valence-electron chi connectivity index (χ2n) is 2.54. The fourth-order valence-electron chi connectivity index (χ4n) is 1.05. The summed E-state index contributed by atoms with van der Waals surface area (Å²) < 4.78 is 0. The first-order valence-electron chi connectivity index (χ1n) is 3.85. The molecule has 2 N–H and O–H groups in total. The van der Waals surface area contributed by atoms with Crippen molar-refractivity contribution in [3.05, 3.63) is 28.8 Å². The van der Waals surface area contributed by atoms with Gasteiger partial charge in [0.1, 0.15) is 0 Å². The number of aliphatic hydroxyl groups excluding tert-OH is 1. The van der Waals surface area contributed by atoms with Crippen LogP contribution in [0, 0.1) is 0 Å². The Kier molecular flexibility index (Phi) is 3.38. The molecule has 0 fully saturated rings. The average molecular weight is 186 g/mol. The molecule has 0 saturated heterocycles. The van der Waals surface area contributed by atoms with Crippen LogP contribution >= 0.6 is 11.6 Å². The van der Waals surface area contributed by atoms with E-state index in [1.807, 2.05) is 25.2 Å². The molecule has 0 aromatic heterocycles.